The Morgan fingerprint density at radius 2 is 1.80 bits per heavy atom. The zero-order valence-corrected chi connectivity index (χ0v) is 12.9. The SMILES string of the molecule is CCCOc1ccccc1Oc1ccc(CO)cc1Br. The fourth-order valence-electron chi connectivity index (χ4n) is 1.71. The van der Waals surface area contributed by atoms with Crippen LogP contribution in [-0.4, -0.2) is 11.7 Å². The van der Waals surface area contributed by atoms with Gasteiger partial charge in [-0.2, -0.15) is 0 Å². The first-order valence-electron chi connectivity index (χ1n) is 6.53. The fraction of sp³-hybridized carbons (Fsp3) is 0.250. The molecule has 3 nitrogen and oxygen atoms in total. The van der Waals surface area contributed by atoms with Crippen LogP contribution in [0.5, 0.6) is 17.2 Å². The van der Waals surface area contributed by atoms with Crippen LogP contribution in [0, 0.1) is 0 Å². The van der Waals surface area contributed by atoms with Crippen molar-refractivity contribution in [3.63, 3.8) is 0 Å². The fourth-order valence-corrected chi connectivity index (χ4v) is 2.22. The minimum atomic E-state index is 0.00901. The third-order valence-electron chi connectivity index (χ3n) is 2.71. The number of aliphatic hydroxyl groups is 1. The van der Waals surface area contributed by atoms with Crippen LogP contribution in [0.25, 0.3) is 0 Å². The molecule has 0 unspecified atom stereocenters. The highest BCUT2D eigenvalue weighted by molar-refractivity contribution is 9.10. The molecule has 4 heteroatoms. The quantitative estimate of drug-likeness (QED) is 0.842. The molecule has 0 aromatic heterocycles. The van der Waals surface area contributed by atoms with Gasteiger partial charge in [0.2, 0.25) is 0 Å². The van der Waals surface area contributed by atoms with Crippen molar-refractivity contribution < 1.29 is 14.6 Å². The predicted octanol–water partition coefficient (Wildman–Crippen LogP) is 4.52. The van der Waals surface area contributed by atoms with Crippen LogP contribution in [0.3, 0.4) is 0 Å². The maximum atomic E-state index is 9.10. The second kappa shape index (κ2) is 7.31. The molecule has 0 fully saturated rings. The molecule has 0 bridgehead atoms. The zero-order chi connectivity index (χ0) is 14.4. The molecule has 1 N–H and O–H groups in total. The van der Waals surface area contributed by atoms with E-state index >= 15 is 0 Å². The lowest BCUT2D eigenvalue weighted by Crippen LogP contribution is -1.97. The Hall–Kier alpha value is -1.52. The van der Waals surface area contributed by atoms with Gasteiger partial charge >= 0.3 is 0 Å². The van der Waals surface area contributed by atoms with Gasteiger partial charge in [-0.15, -0.1) is 0 Å². The minimum Gasteiger partial charge on any atom is -0.490 e. The Labute approximate surface area is 127 Å². The molecule has 0 aliphatic heterocycles. The van der Waals surface area contributed by atoms with E-state index in [4.69, 9.17) is 14.6 Å². The second-order valence-electron chi connectivity index (χ2n) is 4.32. The first kappa shape index (κ1) is 14.9. The molecule has 20 heavy (non-hydrogen) atoms. The number of hydrogen-bond donors (Lipinski definition) is 1. The van der Waals surface area contributed by atoms with Gasteiger partial charge in [-0.1, -0.05) is 25.1 Å². The van der Waals surface area contributed by atoms with Crippen molar-refractivity contribution in [1.29, 1.82) is 0 Å². The van der Waals surface area contributed by atoms with Crippen molar-refractivity contribution in [1.82, 2.24) is 0 Å². The monoisotopic (exact) mass is 336 g/mol. The molecule has 0 atom stereocenters. The minimum absolute atomic E-state index is 0.00901. The average Bonchev–Trinajstić information content (AvgIpc) is 2.48. The Bertz CT molecular complexity index is 569. The van der Waals surface area contributed by atoms with Gasteiger partial charge in [0.05, 0.1) is 17.7 Å². The molecule has 0 spiro atoms. The number of rotatable bonds is 6. The Morgan fingerprint density at radius 1 is 1.05 bits per heavy atom. The van der Waals surface area contributed by atoms with Gasteiger partial charge in [0.1, 0.15) is 5.75 Å². The van der Waals surface area contributed by atoms with Crippen LogP contribution in [0.15, 0.2) is 46.9 Å². The van der Waals surface area contributed by atoms with Crippen LogP contribution < -0.4 is 9.47 Å². The summed E-state index contributed by atoms with van der Waals surface area (Å²) >= 11 is 3.45. The molecule has 0 heterocycles. The summed E-state index contributed by atoms with van der Waals surface area (Å²) in [4.78, 5) is 0. The van der Waals surface area contributed by atoms with Crippen LogP contribution in [0.4, 0.5) is 0 Å². The lowest BCUT2D eigenvalue weighted by molar-refractivity contribution is 0.281. The summed E-state index contributed by atoms with van der Waals surface area (Å²) in [5.74, 6) is 2.10. The summed E-state index contributed by atoms with van der Waals surface area (Å²) < 4.78 is 12.3. The highest BCUT2D eigenvalue weighted by Crippen LogP contribution is 2.35. The Morgan fingerprint density at radius 3 is 2.45 bits per heavy atom. The second-order valence-corrected chi connectivity index (χ2v) is 5.17. The van der Waals surface area contributed by atoms with E-state index in [0.717, 1.165) is 22.2 Å². The standard InChI is InChI=1S/C16H17BrO3/c1-2-9-19-15-5-3-4-6-16(15)20-14-8-7-12(11-18)10-13(14)17/h3-8,10,18H,2,9,11H2,1H3. The van der Waals surface area contributed by atoms with Crippen molar-refractivity contribution in [2.24, 2.45) is 0 Å². The van der Waals surface area contributed by atoms with E-state index < -0.39 is 0 Å². The van der Waals surface area contributed by atoms with Crippen LogP contribution >= 0.6 is 15.9 Å². The largest absolute Gasteiger partial charge is 0.490 e. The maximum absolute atomic E-state index is 9.10. The molecule has 2 aromatic rings. The summed E-state index contributed by atoms with van der Waals surface area (Å²) in [6, 6.07) is 13.1. The molecule has 0 saturated carbocycles. The van der Waals surface area contributed by atoms with E-state index in [1.165, 1.54) is 0 Å². The van der Waals surface area contributed by atoms with Gasteiger partial charge < -0.3 is 14.6 Å². The van der Waals surface area contributed by atoms with E-state index in [0.29, 0.717) is 18.1 Å². The lowest BCUT2D eigenvalue weighted by atomic mass is 10.2. The van der Waals surface area contributed by atoms with Crippen LogP contribution in [0.1, 0.15) is 18.9 Å². The third kappa shape index (κ3) is 3.74. The van der Waals surface area contributed by atoms with Gasteiger partial charge in [0.15, 0.2) is 11.5 Å². The van der Waals surface area contributed by atoms with Gasteiger partial charge in [0.25, 0.3) is 0 Å². The number of halogens is 1. The topological polar surface area (TPSA) is 38.7 Å². The van der Waals surface area contributed by atoms with E-state index in [1.54, 1.807) is 0 Å². The predicted molar refractivity (Wildman–Crippen MR) is 82.4 cm³/mol. The molecule has 0 saturated heterocycles. The summed E-state index contributed by atoms with van der Waals surface area (Å²) in [7, 11) is 0. The molecule has 106 valence electrons. The molecule has 2 aromatic carbocycles. The molecule has 2 rings (SSSR count). The van der Waals surface area contributed by atoms with Crippen molar-refractivity contribution >= 4 is 15.9 Å². The van der Waals surface area contributed by atoms with Crippen molar-refractivity contribution in [3.8, 4) is 17.2 Å². The number of hydrogen-bond acceptors (Lipinski definition) is 3. The summed E-state index contributed by atoms with van der Waals surface area (Å²) in [5, 5.41) is 9.10. The average molecular weight is 337 g/mol. The van der Waals surface area contributed by atoms with Gasteiger partial charge in [0, 0.05) is 0 Å². The Kier molecular flexibility index (Phi) is 5.44. The maximum Gasteiger partial charge on any atom is 0.169 e. The summed E-state index contributed by atoms with van der Waals surface area (Å²) in [6.07, 6.45) is 0.948. The molecular formula is C16H17BrO3. The summed E-state index contributed by atoms with van der Waals surface area (Å²) in [5.41, 5.74) is 0.833. The molecule has 0 amide bonds. The number of para-hydroxylation sites is 2. The van der Waals surface area contributed by atoms with E-state index in [1.807, 2.05) is 42.5 Å². The van der Waals surface area contributed by atoms with Crippen LogP contribution in [0.2, 0.25) is 0 Å². The van der Waals surface area contributed by atoms with Crippen molar-refractivity contribution in [3.05, 3.63) is 52.5 Å². The smallest absolute Gasteiger partial charge is 0.169 e. The van der Waals surface area contributed by atoms with E-state index in [9.17, 15) is 0 Å². The van der Waals surface area contributed by atoms with Gasteiger partial charge in [-0.3, -0.25) is 0 Å². The lowest BCUT2D eigenvalue weighted by Gasteiger charge is -2.13. The van der Waals surface area contributed by atoms with E-state index in [-0.39, 0.29) is 6.61 Å². The van der Waals surface area contributed by atoms with Gasteiger partial charge in [-0.25, -0.2) is 0 Å². The Balaban J connectivity index is 2.21. The molecular weight excluding hydrogens is 320 g/mol. The highest BCUT2D eigenvalue weighted by atomic mass is 79.9. The van der Waals surface area contributed by atoms with Gasteiger partial charge in [-0.05, 0) is 52.2 Å². The van der Waals surface area contributed by atoms with Crippen molar-refractivity contribution in [2.75, 3.05) is 6.61 Å². The summed E-state index contributed by atoms with van der Waals surface area (Å²) in [6.45, 7) is 2.73. The van der Waals surface area contributed by atoms with Crippen LogP contribution in [-0.2, 0) is 6.61 Å². The number of aliphatic hydroxyl groups excluding tert-OH is 1. The normalized spacial score (nSPS) is 10.3. The first-order valence-corrected chi connectivity index (χ1v) is 7.33. The molecule has 0 aliphatic carbocycles. The number of ether oxygens (including phenoxy) is 2. The highest BCUT2D eigenvalue weighted by Gasteiger charge is 2.08. The van der Waals surface area contributed by atoms with Crippen molar-refractivity contribution in [2.45, 2.75) is 20.0 Å². The first-order chi connectivity index (χ1) is 9.74. The number of benzene rings is 2. The zero-order valence-electron chi connectivity index (χ0n) is 11.3. The third-order valence-corrected chi connectivity index (χ3v) is 3.33. The van der Waals surface area contributed by atoms with E-state index in [2.05, 4.69) is 22.9 Å². The molecule has 0 radical (unpaired) electrons. The molecule has 0 aliphatic rings.